The third-order valence-corrected chi connectivity index (χ3v) is 3.38. The molecule has 0 aliphatic carbocycles. The Balaban J connectivity index is 0.00000400. The van der Waals surface area contributed by atoms with Crippen LogP contribution in [0.4, 0.5) is 0 Å². The smallest absolute Gasteiger partial charge is 0.225 e. The molecular weight excluding hydrogens is 399 g/mol. The summed E-state index contributed by atoms with van der Waals surface area (Å²) in [6, 6.07) is 2.08. The first-order chi connectivity index (χ1) is 9.43. The van der Waals surface area contributed by atoms with Gasteiger partial charge in [-0.15, -0.1) is 24.0 Å². The maximum absolute atomic E-state index is 11.7. The van der Waals surface area contributed by atoms with E-state index in [9.17, 15) is 4.79 Å². The highest BCUT2D eigenvalue weighted by Crippen LogP contribution is 2.11. The van der Waals surface area contributed by atoms with Crippen molar-refractivity contribution in [3.05, 3.63) is 22.4 Å². The second-order valence-corrected chi connectivity index (χ2v) is 6.27. The fraction of sp³-hybridized carbons (Fsp3) is 0.571. The van der Waals surface area contributed by atoms with Gasteiger partial charge in [-0.1, -0.05) is 20.8 Å². The van der Waals surface area contributed by atoms with Gasteiger partial charge in [-0.25, -0.2) is 0 Å². The van der Waals surface area contributed by atoms with Crippen LogP contribution < -0.4 is 16.0 Å². The predicted octanol–water partition coefficient (Wildman–Crippen LogP) is 2.19. The van der Waals surface area contributed by atoms with Crippen molar-refractivity contribution >= 4 is 47.2 Å². The molecule has 1 amide bonds. The van der Waals surface area contributed by atoms with Gasteiger partial charge in [0.2, 0.25) is 5.91 Å². The minimum atomic E-state index is -0.348. The number of hydrogen-bond donors (Lipinski definition) is 3. The summed E-state index contributed by atoms with van der Waals surface area (Å²) in [6.07, 6.45) is 0. The van der Waals surface area contributed by atoms with Crippen molar-refractivity contribution in [2.75, 3.05) is 20.1 Å². The summed E-state index contributed by atoms with van der Waals surface area (Å²) < 4.78 is 0. The molecule has 1 heterocycles. The molecule has 0 fully saturated rings. The van der Waals surface area contributed by atoms with Crippen LogP contribution in [-0.2, 0) is 11.3 Å². The number of rotatable bonds is 5. The van der Waals surface area contributed by atoms with Crippen LogP contribution in [0.25, 0.3) is 0 Å². The van der Waals surface area contributed by atoms with E-state index < -0.39 is 0 Å². The number of aliphatic imine (C=N–C) groups is 1. The Labute approximate surface area is 148 Å². The van der Waals surface area contributed by atoms with Crippen molar-refractivity contribution in [2.45, 2.75) is 27.3 Å². The Morgan fingerprint density at radius 3 is 2.43 bits per heavy atom. The number of nitrogens with one attached hydrogen (secondary N) is 3. The molecule has 1 rings (SSSR count). The first kappa shape index (κ1) is 20.2. The molecule has 1 aromatic heterocycles. The van der Waals surface area contributed by atoms with Gasteiger partial charge in [-0.2, -0.15) is 11.3 Å². The van der Waals surface area contributed by atoms with Crippen LogP contribution in [0.1, 0.15) is 26.3 Å². The highest BCUT2D eigenvalue weighted by molar-refractivity contribution is 14.0. The van der Waals surface area contributed by atoms with E-state index in [1.54, 1.807) is 18.4 Å². The zero-order valence-electron chi connectivity index (χ0n) is 13.0. The topological polar surface area (TPSA) is 65.5 Å². The van der Waals surface area contributed by atoms with Crippen LogP contribution in [0.15, 0.2) is 21.8 Å². The van der Waals surface area contributed by atoms with Crippen molar-refractivity contribution in [1.29, 1.82) is 0 Å². The van der Waals surface area contributed by atoms with E-state index in [0.29, 0.717) is 13.1 Å². The first-order valence-corrected chi connectivity index (χ1v) is 7.61. The fourth-order valence-corrected chi connectivity index (χ4v) is 2.09. The van der Waals surface area contributed by atoms with Gasteiger partial charge < -0.3 is 16.0 Å². The highest BCUT2D eigenvalue weighted by Gasteiger charge is 2.20. The Kier molecular flexibility index (Phi) is 9.60. The lowest BCUT2D eigenvalue weighted by Gasteiger charge is -2.18. The van der Waals surface area contributed by atoms with Crippen molar-refractivity contribution < 1.29 is 4.79 Å². The summed E-state index contributed by atoms with van der Waals surface area (Å²) >= 11 is 1.68. The van der Waals surface area contributed by atoms with Gasteiger partial charge in [-0.05, 0) is 22.4 Å². The van der Waals surface area contributed by atoms with Crippen molar-refractivity contribution in [2.24, 2.45) is 10.4 Å². The summed E-state index contributed by atoms with van der Waals surface area (Å²) in [5.74, 6) is 0.793. The lowest BCUT2D eigenvalue weighted by molar-refractivity contribution is -0.128. The molecular formula is C14H25IN4OS. The van der Waals surface area contributed by atoms with Gasteiger partial charge in [0, 0.05) is 32.1 Å². The molecule has 0 saturated heterocycles. The molecule has 0 spiro atoms. The van der Waals surface area contributed by atoms with Gasteiger partial charge >= 0.3 is 0 Å². The molecule has 0 atom stereocenters. The summed E-state index contributed by atoms with van der Waals surface area (Å²) in [6.45, 7) is 7.67. The number of carbonyl (C=O) groups is 1. The molecule has 0 unspecified atom stereocenters. The third kappa shape index (κ3) is 8.25. The molecule has 0 saturated carbocycles. The number of nitrogens with zero attached hydrogens (tertiary/aromatic N) is 1. The van der Waals surface area contributed by atoms with Gasteiger partial charge in [-0.3, -0.25) is 9.79 Å². The average Bonchev–Trinajstić information content (AvgIpc) is 2.89. The molecule has 7 heteroatoms. The maximum atomic E-state index is 11.7. The Morgan fingerprint density at radius 2 is 1.90 bits per heavy atom. The molecule has 1 aromatic rings. The van der Waals surface area contributed by atoms with Gasteiger partial charge in [0.15, 0.2) is 5.96 Å². The standard InChI is InChI=1S/C14H24N4OS.HI/c1-14(2,3)12(19)16-6-7-17-13(15-4)18-9-11-5-8-20-10-11;/h5,8,10H,6-7,9H2,1-4H3,(H,16,19)(H2,15,17,18);1H. The zero-order valence-corrected chi connectivity index (χ0v) is 16.2. The molecule has 0 radical (unpaired) electrons. The summed E-state index contributed by atoms with van der Waals surface area (Å²) in [4.78, 5) is 15.8. The molecule has 3 N–H and O–H groups in total. The fourth-order valence-electron chi connectivity index (χ4n) is 1.42. The molecule has 120 valence electrons. The van der Waals surface area contributed by atoms with Gasteiger partial charge in [0.1, 0.15) is 0 Å². The van der Waals surface area contributed by atoms with Gasteiger partial charge in [0.05, 0.1) is 0 Å². The Morgan fingerprint density at radius 1 is 1.24 bits per heavy atom. The number of hydrogen-bond acceptors (Lipinski definition) is 3. The Bertz CT molecular complexity index is 440. The van der Waals surface area contributed by atoms with E-state index in [2.05, 4.69) is 37.8 Å². The van der Waals surface area contributed by atoms with E-state index in [1.807, 2.05) is 20.8 Å². The number of thiophene rings is 1. The van der Waals surface area contributed by atoms with Gasteiger partial charge in [0.25, 0.3) is 0 Å². The number of carbonyl (C=O) groups excluding carboxylic acids is 1. The van der Waals surface area contributed by atoms with E-state index in [4.69, 9.17) is 0 Å². The van der Waals surface area contributed by atoms with E-state index in [0.717, 1.165) is 12.5 Å². The molecule has 0 aliphatic heterocycles. The average molecular weight is 424 g/mol. The number of halogens is 1. The highest BCUT2D eigenvalue weighted by atomic mass is 127. The summed E-state index contributed by atoms with van der Waals surface area (Å²) in [5, 5.41) is 13.4. The van der Waals surface area contributed by atoms with Crippen LogP contribution in [-0.4, -0.2) is 32.0 Å². The van der Waals surface area contributed by atoms with Crippen LogP contribution >= 0.6 is 35.3 Å². The van der Waals surface area contributed by atoms with Crippen molar-refractivity contribution in [3.8, 4) is 0 Å². The van der Waals surface area contributed by atoms with E-state index in [1.165, 1.54) is 5.56 Å². The van der Waals surface area contributed by atoms with E-state index in [-0.39, 0.29) is 35.3 Å². The predicted molar refractivity (Wildman–Crippen MR) is 100 cm³/mol. The third-order valence-electron chi connectivity index (χ3n) is 2.65. The summed E-state index contributed by atoms with van der Waals surface area (Å²) in [5.41, 5.74) is 0.887. The molecule has 0 bridgehead atoms. The zero-order chi connectivity index (χ0) is 15.0. The second-order valence-electron chi connectivity index (χ2n) is 5.49. The number of guanidine groups is 1. The van der Waals surface area contributed by atoms with Crippen molar-refractivity contribution in [3.63, 3.8) is 0 Å². The van der Waals surface area contributed by atoms with Crippen LogP contribution in [0, 0.1) is 5.41 Å². The monoisotopic (exact) mass is 424 g/mol. The molecule has 21 heavy (non-hydrogen) atoms. The normalized spacial score (nSPS) is 11.5. The lowest BCUT2D eigenvalue weighted by atomic mass is 9.96. The lowest BCUT2D eigenvalue weighted by Crippen LogP contribution is -2.43. The minimum absolute atomic E-state index is 0. The van der Waals surface area contributed by atoms with Crippen LogP contribution in [0.3, 0.4) is 0 Å². The number of amides is 1. The maximum Gasteiger partial charge on any atom is 0.225 e. The molecule has 0 aliphatic rings. The van der Waals surface area contributed by atoms with Crippen LogP contribution in [0.5, 0.6) is 0 Å². The molecule has 5 nitrogen and oxygen atoms in total. The quantitative estimate of drug-likeness (QED) is 0.294. The minimum Gasteiger partial charge on any atom is -0.355 e. The molecule has 0 aromatic carbocycles. The Hall–Kier alpha value is -0.830. The van der Waals surface area contributed by atoms with Crippen molar-refractivity contribution in [1.82, 2.24) is 16.0 Å². The van der Waals surface area contributed by atoms with E-state index >= 15 is 0 Å². The summed E-state index contributed by atoms with van der Waals surface area (Å²) in [7, 11) is 1.73. The largest absolute Gasteiger partial charge is 0.355 e. The second kappa shape index (κ2) is 9.99. The first-order valence-electron chi connectivity index (χ1n) is 6.67. The van der Waals surface area contributed by atoms with Crippen LogP contribution in [0.2, 0.25) is 0 Å². The SMILES string of the molecule is CN=C(NCCNC(=O)C(C)(C)C)NCc1ccsc1.I.